The highest BCUT2D eigenvalue weighted by molar-refractivity contribution is 5.86. The van der Waals surface area contributed by atoms with Gasteiger partial charge in [-0.25, -0.2) is 0 Å². The van der Waals surface area contributed by atoms with E-state index in [4.69, 9.17) is 4.74 Å². The van der Waals surface area contributed by atoms with Crippen LogP contribution in [0.3, 0.4) is 0 Å². The molecular formula is C15H26O3. The number of hydrogen-bond donors (Lipinski definition) is 0. The molecule has 1 heterocycles. The fourth-order valence-corrected chi connectivity index (χ4v) is 2.40. The van der Waals surface area contributed by atoms with Crippen LogP contribution in [-0.4, -0.2) is 23.8 Å². The van der Waals surface area contributed by atoms with Crippen molar-refractivity contribution in [2.45, 2.75) is 83.8 Å². The first-order chi connectivity index (χ1) is 8.69. The molecule has 0 spiro atoms. The largest absolute Gasteiger partial charge is 0.359 e. The molecule has 3 nitrogen and oxygen atoms in total. The lowest BCUT2D eigenvalue weighted by Crippen LogP contribution is -2.32. The third kappa shape index (κ3) is 4.89. The summed E-state index contributed by atoms with van der Waals surface area (Å²) in [4.78, 5) is 23.9. The SMILES string of the molecule is CCCCC[C@@H]1O[C@H](CC)C(=O)CCCCC1=O. The van der Waals surface area contributed by atoms with Crippen LogP contribution in [0.5, 0.6) is 0 Å². The summed E-state index contributed by atoms with van der Waals surface area (Å²) >= 11 is 0. The van der Waals surface area contributed by atoms with Gasteiger partial charge in [0.1, 0.15) is 12.2 Å². The van der Waals surface area contributed by atoms with Gasteiger partial charge in [0, 0.05) is 12.8 Å². The van der Waals surface area contributed by atoms with Crippen molar-refractivity contribution in [2.24, 2.45) is 0 Å². The zero-order valence-corrected chi connectivity index (χ0v) is 11.7. The van der Waals surface area contributed by atoms with E-state index in [0.29, 0.717) is 19.3 Å². The minimum atomic E-state index is -0.362. The van der Waals surface area contributed by atoms with Crippen LogP contribution in [-0.2, 0) is 14.3 Å². The number of carbonyl (C=O) groups is 2. The first-order valence-corrected chi connectivity index (χ1v) is 7.39. The van der Waals surface area contributed by atoms with Gasteiger partial charge in [-0.1, -0.05) is 33.1 Å². The molecule has 0 aromatic rings. The van der Waals surface area contributed by atoms with Crippen molar-refractivity contribution in [3.8, 4) is 0 Å². The maximum Gasteiger partial charge on any atom is 0.161 e. The molecule has 0 saturated carbocycles. The number of unbranched alkanes of at least 4 members (excludes halogenated alkanes) is 2. The molecule has 1 aliphatic rings. The van der Waals surface area contributed by atoms with Gasteiger partial charge in [0.05, 0.1) is 0 Å². The number of hydrogen-bond acceptors (Lipinski definition) is 3. The predicted octanol–water partition coefficient (Wildman–Crippen LogP) is 3.44. The van der Waals surface area contributed by atoms with E-state index in [-0.39, 0.29) is 23.8 Å². The van der Waals surface area contributed by atoms with E-state index >= 15 is 0 Å². The molecule has 0 aromatic carbocycles. The zero-order valence-electron chi connectivity index (χ0n) is 11.7. The van der Waals surface area contributed by atoms with Crippen LogP contribution in [0.4, 0.5) is 0 Å². The van der Waals surface area contributed by atoms with E-state index in [1.165, 1.54) is 0 Å². The van der Waals surface area contributed by atoms with Crippen molar-refractivity contribution in [1.82, 2.24) is 0 Å². The fraction of sp³-hybridized carbons (Fsp3) is 0.867. The molecule has 0 radical (unpaired) electrons. The van der Waals surface area contributed by atoms with E-state index in [1.807, 2.05) is 6.92 Å². The van der Waals surface area contributed by atoms with Gasteiger partial charge in [-0.05, 0) is 25.7 Å². The summed E-state index contributed by atoms with van der Waals surface area (Å²) in [5, 5.41) is 0. The van der Waals surface area contributed by atoms with Crippen molar-refractivity contribution in [1.29, 1.82) is 0 Å². The van der Waals surface area contributed by atoms with Crippen LogP contribution in [0, 0.1) is 0 Å². The van der Waals surface area contributed by atoms with Crippen LogP contribution < -0.4 is 0 Å². The molecule has 0 aliphatic carbocycles. The molecular weight excluding hydrogens is 228 g/mol. The summed E-state index contributed by atoms with van der Waals surface area (Å²) in [6.45, 7) is 4.10. The van der Waals surface area contributed by atoms with Gasteiger partial charge in [-0.3, -0.25) is 9.59 Å². The summed E-state index contributed by atoms with van der Waals surface area (Å²) in [6, 6.07) is 0. The molecule has 0 bridgehead atoms. The summed E-state index contributed by atoms with van der Waals surface area (Å²) in [5.41, 5.74) is 0. The average molecular weight is 254 g/mol. The molecule has 104 valence electrons. The Morgan fingerprint density at radius 2 is 1.61 bits per heavy atom. The Morgan fingerprint density at radius 3 is 2.17 bits per heavy atom. The molecule has 3 heteroatoms. The summed E-state index contributed by atoms with van der Waals surface area (Å²) in [5.74, 6) is 0.368. The Hall–Kier alpha value is -0.700. The van der Waals surface area contributed by atoms with Gasteiger partial charge in [0.15, 0.2) is 11.6 Å². The average Bonchev–Trinajstić information content (AvgIpc) is 2.43. The lowest BCUT2D eigenvalue weighted by Gasteiger charge is -2.21. The van der Waals surface area contributed by atoms with Crippen molar-refractivity contribution in [3.05, 3.63) is 0 Å². The fourth-order valence-electron chi connectivity index (χ4n) is 2.40. The number of carbonyl (C=O) groups excluding carboxylic acids is 2. The quantitative estimate of drug-likeness (QED) is 0.706. The third-order valence-corrected chi connectivity index (χ3v) is 3.58. The zero-order chi connectivity index (χ0) is 13.4. The summed E-state index contributed by atoms with van der Waals surface area (Å²) < 4.78 is 5.79. The molecule has 0 unspecified atom stereocenters. The first-order valence-electron chi connectivity index (χ1n) is 7.39. The number of ether oxygens (including phenoxy) is 1. The number of Topliss-reactive ketones (excluding diaryl/α,β-unsaturated/α-hetero) is 2. The predicted molar refractivity (Wildman–Crippen MR) is 71.6 cm³/mol. The Bertz CT molecular complexity index is 273. The lowest BCUT2D eigenvalue weighted by atomic mass is 10.0. The van der Waals surface area contributed by atoms with E-state index in [2.05, 4.69) is 6.92 Å². The van der Waals surface area contributed by atoms with E-state index in [0.717, 1.165) is 38.5 Å². The highest BCUT2D eigenvalue weighted by atomic mass is 16.5. The molecule has 0 aromatic heterocycles. The lowest BCUT2D eigenvalue weighted by molar-refractivity contribution is -0.143. The summed E-state index contributed by atoms with van der Waals surface area (Å²) in [6.07, 6.45) is 6.80. The normalized spacial score (nSPS) is 26.6. The second kappa shape index (κ2) is 8.41. The van der Waals surface area contributed by atoms with Crippen LogP contribution in [0.25, 0.3) is 0 Å². The van der Waals surface area contributed by atoms with Gasteiger partial charge in [0.25, 0.3) is 0 Å². The Balaban J connectivity index is 2.62. The second-order valence-electron chi connectivity index (χ2n) is 5.16. The third-order valence-electron chi connectivity index (χ3n) is 3.58. The molecule has 18 heavy (non-hydrogen) atoms. The molecule has 2 atom stereocenters. The minimum Gasteiger partial charge on any atom is -0.359 e. The van der Waals surface area contributed by atoms with E-state index in [1.54, 1.807) is 0 Å². The smallest absolute Gasteiger partial charge is 0.161 e. The number of rotatable bonds is 5. The van der Waals surface area contributed by atoms with Crippen molar-refractivity contribution in [2.75, 3.05) is 0 Å². The van der Waals surface area contributed by atoms with Crippen molar-refractivity contribution in [3.63, 3.8) is 0 Å². The van der Waals surface area contributed by atoms with Gasteiger partial charge >= 0.3 is 0 Å². The van der Waals surface area contributed by atoms with Crippen LogP contribution in [0.15, 0.2) is 0 Å². The molecule has 0 N–H and O–H groups in total. The van der Waals surface area contributed by atoms with E-state index in [9.17, 15) is 9.59 Å². The maximum atomic E-state index is 12.0. The minimum absolute atomic E-state index is 0.174. The van der Waals surface area contributed by atoms with Gasteiger partial charge in [-0.15, -0.1) is 0 Å². The standard InChI is InChI=1S/C15H26O3/c1-3-5-6-11-15-13(17)10-8-7-9-12(16)14(4-2)18-15/h14-15H,3-11H2,1-2H3/t14-,15+/m1/s1. The highest BCUT2D eigenvalue weighted by Gasteiger charge is 2.27. The Kier molecular flexibility index (Phi) is 7.18. The highest BCUT2D eigenvalue weighted by Crippen LogP contribution is 2.19. The molecule has 1 rings (SSSR count). The molecule has 0 amide bonds. The van der Waals surface area contributed by atoms with Crippen LogP contribution in [0.2, 0.25) is 0 Å². The van der Waals surface area contributed by atoms with Crippen LogP contribution >= 0.6 is 0 Å². The van der Waals surface area contributed by atoms with Gasteiger partial charge in [0.2, 0.25) is 0 Å². The van der Waals surface area contributed by atoms with E-state index < -0.39 is 0 Å². The topological polar surface area (TPSA) is 43.4 Å². The summed E-state index contributed by atoms with van der Waals surface area (Å²) in [7, 11) is 0. The Morgan fingerprint density at radius 1 is 1.00 bits per heavy atom. The first kappa shape index (κ1) is 15.4. The van der Waals surface area contributed by atoms with Gasteiger partial charge in [-0.2, -0.15) is 0 Å². The number of ketones is 2. The van der Waals surface area contributed by atoms with Gasteiger partial charge < -0.3 is 4.74 Å². The van der Waals surface area contributed by atoms with Crippen molar-refractivity contribution >= 4 is 11.6 Å². The second-order valence-corrected chi connectivity index (χ2v) is 5.16. The molecule has 1 fully saturated rings. The molecule has 1 aliphatic heterocycles. The van der Waals surface area contributed by atoms with Crippen molar-refractivity contribution < 1.29 is 14.3 Å². The maximum absolute atomic E-state index is 12.0. The van der Waals surface area contributed by atoms with Crippen LogP contribution in [0.1, 0.15) is 71.6 Å². The Labute approximate surface area is 110 Å². The molecule has 1 saturated heterocycles. The monoisotopic (exact) mass is 254 g/mol.